The summed E-state index contributed by atoms with van der Waals surface area (Å²) in [6, 6.07) is 10.00. The normalized spacial score (nSPS) is 16.8. The molecule has 0 unspecified atom stereocenters. The molecular weight excluding hydrogens is 224 g/mol. The number of hydrogen-bond acceptors (Lipinski definition) is 3. The Morgan fingerprint density at radius 2 is 2.06 bits per heavy atom. The van der Waals surface area contributed by atoms with Gasteiger partial charge in [0.15, 0.2) is 6.61 Å². The molecule has 3 nitrogen and oxygen atoms in total. The number of anilines is 1. The molecule has 1 heterocycles. The van der Waals surface area contributed by atoms with Gasteiger partial charge in [-0.05, 0) is 25.0 Å². The molecule has 1 aromatic carbocycles. The minimum atomic E-state index is 0.108. The van der Waals surface area contributed by atoms with Crippen LogP contribution in [0.1, 0.15) is 26.7 Å². The lowest BCUT2D eigenvalue weighted by Gasteiger charge is -2.51. The zero-order valence-electron chi connectivity index (χ0n) is 11.1. The lowest BCUT2D eigenvalue weighted by Crippen LogP contribution is -2.55. The van der Waals surface area contributed by atoms with Crippen LogP contribution in [-0.4, -0.2) is 19.7 Å². The monoisotopic (exact) mass is 244 g/mol. The van der Waals surface area contributed by atoms with Crippen molar-refractivity contribution < 1.29 is 4.74 Å². The van der Waals surface area contributed by atoms with Crippen molar-refractivity contribution in [1.29, 1.82) is 5.26 Å². The Labute approximate surface area is 109 Å². The van der Waals surface area contributed by atoms with E-state index in [9.17, 15) is 0 Å². The molecule has 0 spiro atoms. The Morgan fingerprint density at radius 3 is 2.67 bits per heavy atom. The summed E-state index contributed by atoms with van der Waals surface area (Å²) in [4.78, 5) is 2.38. The quantitative estimate of drug-likeness (QED) is 0.798. The molecule has 0 aromatic heterocycles. The first-order chi connectivity index (χ1) is 8.73. The van der Waals surface area contributed by atoms with E-state index in [-0.39, 0.29) is 6.61 Å². The molecule has 1 aromatic rings. The lowest BCUT2D eigenvalue weighted by atomic mass is 9.75. The van der Waals surface area contributed by atoms with E-state index in [0.717, 1.165) is 18.8 Å². The van der Waals surface area contributed by atoms with Gasteiger partial charge in [-0.1, -0.05) is 19.9 Å². The van der Waals surface area contributed by atoms with Crippen molar-refractivity contribution in [2.45, 2.75) is 26.7 Å². The molecule has 1 saturated heterocycles. The number of nitrogens with zero attached hydrogens (tertiary/aromatic N) is 2. The fraction of sp³-hybridized carbons (Fsp3) is 0.533. The Balaban J connectivity index is 2.01. The van der Waals surface area contributed by atoms with Crippen LogP contribution in [0, 0.1) is 16.7 Å². The van der Waals surface area contributed by atoms with Crippen molar-refractivity contribution in [3.8, 4) is 11.8 Å². The standard InChI is InChI=1S/C15H20N2O/c1-3-15(4-2)11-17(12-15)13-6-5-7-14(10-13)18-9-8-16/h5-7,10H,3-4,9,11-12H2,1-2H3. The highest BCUT2D eigenvalue weighted by molar-refractivity contribution is 5.53. The Hall–Kier alpha value is -1.69. The number of hydrogen-bond donors (Lipinski definition) is 0. The molecule has 0 aliphatic carbocycles. The first kappa shape index (κ1) is 12.8. The van der Waals surface area contributed by atoms with E-state index >= 15 is 0 Å². The lowest BCUT2D eigenvalue weighted by molar-refractivity contribution is 0.194. The smallest absolute Gasteiger partial charge is 0.174 e. The second-order valence-electron chi connectivity index (χ2n) is 5.01. The molecule has 0 atom stereocenters. The number of ether oxygens (including phenoxy) is 1. The third kappa shape index (κ3) is 2.43. The third-order valence-electron chi connectivity index (χ3n) is 4.04. The van der Waals surface area contributed by atoms with Crippen molar-refractivity contribution in [3.05, 3.63) is 24.3 Å². The molecule has 1 aliphatic rings. The number of benzene rings is 1. The zero-order valence-corrected chi connectivity index (χ0v) is 11.1. The van der Waals surface area contributed by atoms with Gasteiger partial charge in [-0.25, -0.2) is 0 Å². The molecule has 18 heavy (non-hydrogen) atoms. The van der Waals surface area contributed by atoms with Crippen LogP contribution >= 0.6 is 0 Å². The van der Waals surface area contributed by atoms with Crippen molar-refractivity contribution >= 4 is 5.69 Å². The summed E-state index contributed by atoms with van der Waals surface area (Å²) < 4.78 is 5.33. The van der Waals surface area contributed by atoms with E-state index in [0.29, 0.717) is 5.41 Å². The van der Waals surface area contributed by atoms with Crippen molar-refractivity contribution in [1.82, 2.24) is 0 Å². The van der Waals surface area contributed by atoms with Gasteiger partial charge >= 0.3 is 0 Å². The second kappa shape index (κ2) is 5.30. The molecule has 0 radical (unpaired) electrons. The maximum atomic E-state index is 8.51. The van der Waals surface area contributed by atoms with E-state index in [2.05, 4.69) is 24.8 Å². The van der Waals surface area contributed by atoms with Gasteiger partial charge in [-0.3, -0.25) is 0 Å². The van der Waals surface area contributed by atoms with E-state index in [1.165, 1.54) is 18.5 Å². The topological polar surface area (TPSA) is 36.3 Å². The zero-order chi connectivity index (χ0) is 13.0. The highest BCUT2D eigenvalue weighted by Crippen LogP contribution is 2.40. The summed E-state index contributed by atoms with van der Waals surface area (Å²) in [7, 11) is 0. The number of rotatable bonds is 5. The third-order valence-corrected chi connectivity index (χ3v) is 4.04. The van der Waals surface area contributed by atoms with Crippen LogP contribution in [0.15, 0.2) is 24.3 Å². The molecular formula is C15H20N2O. The van der Waals surface area contributed by atoms with Gasteiger partial charge in [-0.15, -0.1) is 0 Å². The van der Waals surface area contributed by atoms with E-state index < -0.39 is 0 Å². The Kier molecular flexibility index (Phi) is 3.76. The molecule has 2 rings (SSSR count). The molecule has 0 amide bonds. The summed E-state index contributed by atoms with van der Waals surface area (Å²) in [5.41, 5.74) is 1.70. The summed E-state index contributed by atoms with van der Waals surface area (Å²) in [6.07, 6.45) is 2.48. The molecule has 1 fully saturated rings. The van der Waals surface area contributed by atoms with Gasteiger partial charge < -0.3 is 9.64 Å². The highest BCUT2D eigenvalue weighted by atomic mass is 16.5. The molecule has 3 heteroatoms. The van der Waals surface area contributed by atoms with Gasteiger partial charge in [0.25, 0.3) is 0 Å². The van der Waals surface area contributed by atoms with Crippen LogP contribution in [0.25, 0.3) is 0 Å². The molecule has 0 N–H and O–H groups in total. The van der Waals surface area contributed by atoms with Crippen LogP contribution in [0.2, 0.25) is 0 Å². The second-order valence-corrected chi connectivity index (χ2v) is 5.01. The average Bonchev–Trinajstić information content (AvgIpc) is 2.37. The van der Waals surface area contributed by atoms with Crippen LogP contribution in [-0.2, 0) is 0 Å². The largest absolute Gasteiger partial charge is 0.479 e. The summed E-state index contributed by atoms with van der Waals surface area (Å²) in [5, 5.41) is 8.51. The van der Waals surface area contributed by atoms with Gasteiger partial charge in [0, 0.05) is 30.3 Å². The van der Waals surface area contributed by atoms with Gasteiger partial charge in [0.05, 0.1) is 0 Å². The Bertz CT molecular complexity index is 438. The van der Waals surface area contributed by atoms with Crippen molar-refractivity contribution in [2.75, 3.05) is 24.6 Å². The van der Waals surface area contributed by atoms with Crippen molar-refractivity contribution in [2.24, 2.45) is 5.41 Å². The first-order valence-corrected chi connectivity index (χ1v) is 6.58. The first-order valence-electron chi connectivity index (χ1n) is 6.58. The maximum absolute atomic E-state index is 8.51. The minimum absolute atomic E-state index is 0.108. The summed E-state index contributed by atoms with van der Waals surface area (Å²) in [5.74, 6) is 0.777. The summed E-state index contributed by atoms with van der Waals surface area (Å²) >= 11 is 0. The highest BCUT2D eigenvalue weighted by Gasteiger charge is 2.39. The fourth-order valence-electron chi connectivity index (χ4n) is 2.53. The fourth-order valence-corrected chi connectivity index (χ4v) is 2.53. The predicted octanol–water partition coefficient (Wildman–Crippen LogP) is 3.22. The average molecular weight is 244 g/mol. The van der Waals surface area contributed by atoms with Crippen LogP contribution in [0.3, 0.4) is 0 Å². The van der Waals surface area contributed by atoms with Gasteiger partial charge in [-0.2, -0.15) is 5.26 Å². The maximum Gasteiger partial charge on any atom is 0.174 e. The SMILES string of the molecule is CCC1(CC)CN(c2cccc(OCC#N)c2)C1. The Morgan fingerprint density at radius 1 is 1.33 bits per heavy atom. The number of nitriles is 1. The van der Waals surface area contributed by atoms with E-state index in [1.54, 1.807) is 0 Å². The van der Waals surface area contributed by atoms with Crippen LogP contribution in [0.5, 0.6) is 5.75 Å². The van der Waals surface area contributed by atoms with Crippen molar-refractivity contribution in [3.63, 3.8) is 0 Å². The summed E-state index contributed by atoms with van der Waals surface area (Å²) in [6.45, 7) is 6.90. The van der Waals surface area contributed by atoms with Gasteiger partial charge in [0.1, 0.15) is 11.8 Å². The molecule has 0 saturated carbocycles. The molecule has 1 aliphatic heterocycles. The predicted molar refractivity (Wildman–Crippen MR) is 72.8 cm³/mol. The van der Waals surface area contributed by atoms with E-state index in [4.69, 9.17) is 10.00 Å². The van der Waals surface area contributed by atoms with E-state index in [1.807, 2.05) is 24.3 Å². The molecule has 0 bridgehead atoms. The molecule has 96 valence electrons. The van der Waals surface area contributed by atoms with Gasteiger partial charge in [0.2, 0.25) is 0 Å². The van der Waals surface area contributed by atoms with Crippen LogP contribution in [0.4, 0.5) is 5.69 Å². The van der Waals surface area contributed by atoms with Crippen LogP contribution < -0.4 is 9.64 Å². The minimum Gasteiger partial charge on any atom is -0.479 e.